The highest BCUT2D eigenvalue weighted by Gasteiger charge is 2.51. The summed E-state index contributed by atoms with van der Waals surface area (Å²) in [4.78, 5) is 5.02. The first-order valence-electron chi connectivity index (χ1n) is 8.57. The average Bonchev–Trinajstić information content (AvgIpc) is 2.56. The molecule has 0 radical (unpaired) electrons. The van der Waals surface area contributed by atoms with E-state index in [0.29, 0.717) is 0 Å². The van der Waals surface area contributed by atoms with Gasteiger partial charge in [-0.05, 0) is 35.8 Å². The lowest BCUT2D eigenvalue weighted by atomic mass is 9.55. The highest BCUT2D eigenvalue weighted by atomic mass is 17.1. The van der Waals surface area contributed by atoms with Crippen molar-refractivity contribution >= 4 is 0 Å². The van der Waals surface area contributed by atoms with Crippen molar-refractivity contribution in [2.45, 2.75) is 58.0 Å². The van der Waals surface area contributed by atoms with Crippen LogP contribution in [0, 0.1) is 5.92 Å². The molecule has 2 heteroatoms. The zero-order valence-electron chi connectivity index (χ0n) is 15.7. The molecule has 130 valence electrons. The van der Waals surface area contributed by atoms with E-state index in [9.17, 15) is 5.26 Å². The van der Waals surface area contributed by atoms with Gasteiger partial charge < -0.3 is 0 Å². The maximum absolute atomic E-state index is 9.68. The molecule has 0 fully saturated rings. The van der Waals surface area contributed by atoms with Crippen LogP contribution < -0.4 is 0 Å². The highest BCUT2D eigenvalue weighted by molar-refractivity contribution is 5.33. The molecular weight excluding hydrogens is 296 g/mol. The van der Waals surface area contributed by atoms with Gasteiger partial charge in [0, 0.05) is 5.92 Å². The third kappa shape index (κ3) is 3.40. The number of hydrogen-bond acceptors (Lipinski definition) is 2. The second-order valence-electron chi connectivity index (χ2n) is 8.30. The van der Waals surface area contributed by atoms with E-state index in [1.165, 1.54) is 11.1 Å². The highest BCUT2D eigenvalue weighted by Crippen LogP contribution is 2.50. The first-order chi connectivity index (χ1) is 11.1. The molecule has 0 bridgehead atoms. The second kappa shape index (κ2) is 6.70. The van der Waals surface area contributed by atoms with E-state index < -0.39 is 5.60 Å². The summed E-state index contributed by atoms with van der Waals surface area (Å²) in [7, 11) is 0. The van der Waals surface area contributed by atoms with Crippen molar-refractivity contribution in [3.63, 3.8) is 0 Å². The van der Waals surface area contributed by atoms with Crippen LogP contribution in [0.2, 0.25) is 0 Å². The molecule has 0 atom stereocenters. The summed E-state index contributed by atoms with van der Waals surface area (Å²) in [5, 5.41) is 9.68. The van der Waals surface area contributed by atoms with Gasteiger partial charge in [-0.15, -0.1) is 0 Å². The monoisotopic (exact) mass is 326 g/mol. The summed E-state index contributed by atoms with van der Waals surface area (Å²) in [6.45, 7) is 12.9. The van der Waals surface area contributed by atoms with Gasteiger partial charge in [-0.1, -0.05) is 88.4 Å². The minimum absolute atomic E-state index is 0.0345. The molecular formula is C22H30O2. The normalized spacial score (nSPS) is 13.3. The van der Waals surface area contributed by atoms with Gasteiger partial charge in [0.05, 0.1) is 0 Å². The molecule has 0 saturated heterocycles. The first kappa shape index (κ1) is 18.7. The van der Waals surface area contributed by atoms with Crippen LogP contribution in [0.4, 0.5) is 0 Å². The fourth-order valence-corrected chi connectivity index (χ4v) is 4.76. The van der Waals surface area contributed by atoms with Crippen molar-refractivity contribution in [3.8, 4) is 0 Å². The van der Waals surface area contributed by atoms with Gasteiger partial charge in [0.25, 0.3) is 0 Å². The Hall–Kier alpha value is -1.64. The van der Waals surface area contributed by atoms with E-state index in [4.69, 9.17) is 4.89 Å². The molecule has 2 rings (SSSR count). The van der Waals surface area contributed by atoms with Crippen molar-refractivity contribution in [2.24, 2.45) is 5.92 Å². The van der Waals surface area contributed by atoms with Crippen LogP contribution in [-0.4, -0.2) is 10.9 Å². The summed E-state index contributed by atoms with van der Waals surface area (Å²) in [5.74, 6) is 0.0345. The van der Waals surface area contributed by atoms with Crippen molar-refractivity contribution in [1.29, 1.82) is 0 Å². The van der Waals surface area contributed by atoms with E-state index >= 15 is 0 Å². The Morgan fingerprint density at radius 3 is 1.29 bits per heavy atom. The Kier molecular flexibility index (Phi) is 5.22. The predicted octanol–water partition coefficient (Wildman–Crippen LogP) is 5.83. The van der Waals surface area contributed by atoms with Gasteiger partial charge in [-0.25, -0.2) is 4.89 Å². The standard InChI is InChI=1S/C22H30O2/c1-20(2,17-13-9-7-10-14-17)19(22(5,6)24-23)21(3,4)18-15-11-8-12-16-18/h7-16,19,23H,1-6H3. The quantitative estimate of drug-likeness (QED) is 0.535. The first-order valence-corrected chi connectivity index (χ1v) is 8.57. The molecule has 0 amide bonds. The summed E-state index contributed by atoms with van der Waals surface area (Å²) < 4.78 is 0. The lowest BCUT2D eigenvalue weighted by molar-refractivity contribution is -0.336. The Balaban J connectivity index is 2.62. The Bertz CT molecular complexity index is 591. The number of benzene rings is 2. The molecule has 2 aromatic carbocycles. The van der Waals surface area contributed by atoms with Crippen molar-refractivity contribution in [3.05, 3.63) is 71.8 Å². The van der Waals surface area contributed by atoms with Crippen LogP contribution in [-0.2, 0) is 15.7 Å². The van der Waals surface area contributed by atoms with Gasteiger partial charge in [0.15, 0.2) is 0 Å². The summed E-state index contributed by atoms with van der Waals surface area (Å²) in [6.07, 6.45) is 0. The Morgan fingerprint density at radius 2 is 1.00 bits per heavy atom. The van der Waals surface area contributed by atoms with Crippen molar-refractivity contribution in [1.82, 2.24) is 0 Å². The van der Waals surface area contributed by atoms with Crippen LogP contribution >= 0.6 is 0 Å². The maximum Gasteiger partial charge on any atom is 0.102 e. The second-order valence-corrected chi connectivity index (χ2v) is 8.30. The fourth-order valence-electron chi connectivity index (χ4n) is 4.76. The topological polar surface area (TPSA) is 29.5 Å². The summed E-state index contributed by atoms with van der Waals surface area (Å²) in [6, 6.07) is 20.9. The van der Waals surface area contributed by atoms with E-state index in [1.54, 1.807) is 0 Å². The van der Waals surface area contributed by atoms with Crippen LogP contribution in [0.25, 0.3) is 0 Å². The van der Waals surface area contributed by atoms with Crippen molar-refractivity contribution in [2.75, 3.05) is 0 Å². The van der Waals surface area contributed by atoms with Crippen LogP contribution in [0.15, 0.2) is 60.7 Å². The average molecular weight is 326 g/mol. The molecule has 24 heavy (non-hydrogen) atoms. The molecule has 0 aliphatic heterocycles. The maximum atomic E-state index is 9.68. The van der Waals surface area contributed by atoms with E-state index in [2.05, 4.69) is 76.2 Å². The molecule has 2 nitrogen and oxygen atoms in total. The minimum atomic E-state index is -0.710. The number of rotatable bonds is 6. The lowest BCUT2D eigenvalue weighted by Gasteiger charge is -2.51. The van der Waals surface area contributed by atoms with Gasteiger partial charge in [-0.3, -0.25) is 5.26 Å². The van der Waals surface area contributed by atoms with Gasteiger partial charge in [0.2, 0.25) is 0 Å². The zero-order valence-corrected chi connectivity index (χ0v) is 15.7. The molecule has 0 heterocycles. The van der Waals surface area contributed by atoms with E-state index in [1.807, 2.05) is 26.0 Å². The van der Waals surface area contributed by atoms with Gasteiger partial charge >= 0.3 is 0 Å². The molecule has 1 N–H and O–H groups in total. The molecule has 0 aliphatic carbocycles. The summed E-state index contributed by atoms with van der Waals surface area (Å²) >= 11 is 0. The van der Waals surface area contributed by atoms with E-state index in [0.717, 1.165) is 0 Å². The van der Waals surface area contributed by atoms with Crippen molar-refractivity contribution < 1.29 is 10.1 Å². The smallest absolute Gasteiger partial charge is 0.102 e. The van der Waals surface area contributed by atoms with Crippen LogP contribution in [0.3, 0.4) is 0 Å². The summed E-state index contributed by atoms with van der Waals surface area (Å²) in [5.41, 5.74) is 1.37. The largest absolute Gasteiger partial charge is 0.251 e. The minimum Gasteiger partial charge on any atom is -0.251 e. The molecule has 2 aromatic rings. The number of hydrogen-bond donors (Lipinski definition) is 1. The van der Waals surface area contributed by atoms with Crippen LogP contribution in [0.5, 0.6) is 0 Å². The molecule has 0 saturated carbocycles. The van der Waals surface area contributed by atoms with E-state index in [-0.39, 0.29) is 16.7 Å². The van der Waals surface area contributed by atoms with Gasteiger partial charge in [0.1, 0.15) is 5.60 Å². The SMILES string of the molecule is CC(C)(OO)C(C(C)(C)c1ccccc1)C(C)(C)c1ccccc1. The third-order valence-corrected chi connectivity index (χ3v) is 5.41. The molecule has 0 unspecified atom stereocenters. The van der Waals surface area contributed by atoms with Crippen LogP contribution in [0.1, 0.15) is 52.7 Å². The Labute approximate surface area is 146 Å². The molecule has 0 aromatic heterocycles. The fraction of sp³-hybridized carbons (Fsp3) is 0.455. The van der Waals surface area contributed by atoms with Gasteiger partial charge in [-0.2, -0.15) is 0 Å². The third-order valence-electron chi connectivity index (χ3n) is 5.41. The Morgan fingerprint density at radius 1 is 0.667 bits per heavy atom. The molecule has 0 aliphatic rings. The lowest BCUT2D eigenvalue weighted by Crippen LogP contribution is -2.54. The zero-order chi connectivity index (χ0) is 18.0. The molecule has 0 spiro atoms. The predicted molar refractivity (Wildman–Crippen MR) is 100 cm³/mol.